The largest absolute Gasteiger partial charge is 0.396 e. The van der Waals surface area contributed by atoms with E-state index in [-0.39, 0.29) is 19.1 Å². The van der Waals surface area contributed by atoms with Gasteiger partial charge in [0, 0.05) is 24.9 Å². The first-order valence-electron chi connectivity index (χ1n) is 6.45. The molecule has 106 valence electrons. The highest BCUT2D eigenvalue weighted by Crippen LogP contribution is 2.16. The van der Waals surface area contributed by atoms with Crippen molar-refractivity contribution in [3.05, 3.63) is 41.2 Å². The normalized spacial score (nSPS) is 10.6. The summed E-state index contributed by atoms with van der Waals surface area (Å²) in [5, 5.41) is 19.4. The molecule has 6 heteroatoms. The average molecular weight is 274 g/mol. The second-order valence-electron chi connectivity index (χ2n) is 4.75. The van der Waals surface area contributed by atoms with E-state index in [1.165, 1.54) is 4.68 Å². The second kappa shape index (κ2) is 6.29. The monoisotopic (exact) mass is 274 g/mol. The Balaban J connectivity index is 1.99. The summed E-state index contributed by atoms with van der Waals surface area (Å²) in [6.07, 6.45) is 2.11. The Morgan fingerprint density at radius 2 is 2.20 bits per heavy atom. The zero-order valence-electron chi connectivity index (χ0n) is 11.6. The first-order chi connectivity index (χ1) is 9.58. The van der Waals surface area contributed by atoms with Gasteiger partial charge >= 0.3 is 0 Å². The van der Waals surface area contributed by atoms with Crippen LogP contribution in [0.3, 0.4) is 0 Å². The molecule has 1 heterocycles. The van der Waals surface area contributed by atoms with Crippen molar-refractivity contribution < 1.29 is 9.90 Å². The number of amides is 1. The van der Waals surface area contributed by atoms with Crippen molar-refractivity contribution in [1.82, 2.24) is 15.0 Å². The molecular weight excluding hydrogens is 256 g/mol. The van der Waals surface area contributed by atoms with Crippen LogP contribution in [0.4, 0.5) is 5.69 Å². The molecular formula is C14H18N4O2. The third-order valence-corrected chi connectivity index (χ3v) is 2.93. The van der Waals surface area contributed by atoms with Gasteiger partial charge in [0.05, 0.1) is 5.69 Å². The highest BCUT2D eigenvalue weighted by molar-refractivity contribution is 5.91. The number of hydrogen-bond acceptors (Lipinski definition) is 4. The second-order valence-corrected chi connectivity index (χ2v) is 4.75. The van der Waals surface area contributed by atoms with Crippen molar-refractivity contribution in [3.8, 4) is 0 Å². The van der Waals surface area contributed by atoms with Crippen LogP contribution in [0, 0.1) is 13.8 Å². The summed E-state index contributed by atoms with van der Waals surface area (Å²) in [5.41, 5.74) is 3.60. The highest BCUT2D eigenvalue weighted by atomic mass is 16.3. The van der Waals surface area contributed by atoms with Gasteiger partial charge in [-0.15, -0.1) is 5.10 Å². The summed E-state index contributed by atoms with van der Waals surface area (Å²) in [5.74, 6) is -0.154. The lowest BCUT2D eigenvalue weighted by Gasteiger charge is -2.09. The number of rotatable bonds is 5. The molecule has 1 aromatic carbocycles. The number of aryl methyl sites for hydroxylation is 2. The lowest BCUT2D eigenvalue weighted by molar-refractivity contribution is -0.116. The molecule has 2 N–H and O–H groups in total. The van der Waals surface area contributed by atoms with Crippen molar-refractivity contribution in [1.29, 1.82) is 0 Å². The van der Waals surface area contributed by atoms with Crippen LogP contribution in [0.5, 0.6) is 0 Å². The molecule has 6 nitrogen and oxygen atoms in total. The average Bonchev–Trinajstić information content (AvgIpc) is 2.81. The van der Waals surface area contributed by atoms with Gasteiger partial charge in [0.2, 0.25) is 5.91 Å². The lowest BCUT2D eigenvalue weighted by atomic mass is 10.1. The molecule has 0 unspecified atom stereocenters. The summed E-state index contributed by atoms with van der Waals surface area (Å²) in [6, 6.07) is 5.91. The Morgan fingerprint density at radius 3 is 2.95 bits per heavy atom. The fourth-order valence-corrected chi connectivity index (χ4v) is 1.85. The number of aliphatic hydroxyl groups excluding tert-OH is 1. The summed E-state index contributed by atoms with van der Waals surface area (Å²) < 4.78 is 1.46. The van der Waals surface area contributed by atoms with Gasteiger partial charge in [0.15, 0.2) is 0 Å². The number of aromatic nitrogens is 3. The van der Waals surface area contributed by atoms with Gasteiger partial charge in [-0.05, 0) is 31.0 Å². The lowest BCUT2D eigenvalue weighted by Crippen LogP contribution is -2.19. The molecule has 0 aliphatic rings. The smallest absolute Gasteiger partial charge is 0.246 e. The third kappa shape index (κ3) is 3.64. The van der Waals surface area contributed by atoms with Crippen molar-refractivity contribution in [2.24, 2.45) is 0 Å². The molecule has 2 rings (SSSR count). The van der Waals surface area contributed by atoms with Crippen LogP contribution in [0.1, 0.15) is 16.8 Å². The van der Waals surface area contributed by atoms with Crippen molar-refractivity contribution in [3.63, 3.8) is 0 Å². The van der Waals surface area contributed by atoms with Gasteiger partial charge < -0.3 is 10.4 Å². The number of benzene rings is 1. The maximum atomic E-state index is 12.0. The fraction of sp³-hybridized carbons (Fsp3) is 0.357. The Hall–Kier alpha value is -2.21. The van der Waals surface area contributed by atoms with E-state index >= 15 is 0 Å². The molecule has 0 saturated heterocycles. The van der Waals surface area contributed by atoms with E-state index in [1.807, 2.05) is 32.0 Å². The minimum atomic E-state index is -0.154. The molecule has 0 radical (unpaired) electrons. The minimum Gasteiger partial charge on any atom is -0.396 e. The summed E-state index contributed by atoms with van der Waals surface area (Å²) in [6.45, 7) is 4.05. The SMILES string of the molecule is Cc1ccc(C)c(NC(=O)Cn2cc(CCO)nn2)c1. The number of nitrogens with one attached hydrogen (secondary N) is 1. The maximum absolute atomic E-state index is 12.0. The van der Waals surface area contributed by atoms with Gasteiger partial charge in [-0.25, -0.2) is 4.68 Å². The molecule has 0 saturated carbocycles. The number of hydrogen-bond donors (Lipinski definition) is 2. The molecule has 0 aliphatic heterocycles. The number of aliphatic hydroxyl groups is 1. The molecule has 0 fully saturated rings. The molecule has 0 bridgehead atoms. The van der Waals surface area contributed by atoms with Crippen LogP contribution in [-0.2, 0) is 17.8 Å². The zero-order chi connectivity index (χ0) is 14.5. The molecule has 20 heavy (non-hydrogen) atoms. The van der Waals surface area contributed by atoms with Crippen molar-refractivity contribution in [2.75, 3.05) is 11.9 Å². The molecule has 2 aromatic rings. The summed E-state index contributed by atoms with van der Waals surface area (Å²) in [4.78, 5) is 12.0. The third-order valence-electron chi connectivity index (χ3n) is 2.93. The predicted molar refractivity (Wildman–Crippen MR) is 75.4 cm³/mol. The number of nitrogens with zero attached hydrogens (tertiary/aromatic N) is 3. The van der Waals surface area contributed by atoms with E-state index in [9.17, 15) is 4.79 Å². The van der Waals surface area contributed by atoms with Crippen molar-refractivity contribution >= 4 is 11.6 Å². The minimum absolute atomic E-state index is 0.0212. The Morgan fingerprint density at radius 1 is 1.40 bits per heavy atom. The molecule has 0 spiro atoms. The zero-order valence-corrected chi connectivity index (χ0v) is 11.6. The summed E-state index contributed by atoms with van der Waals surface area (Å²) >= 11 is 0. The van der Waals surface area contributed by atoms with Gasteiger partial charge in [0.1, 0.15) is 6.54 Å². The molecule has 1 aromatic heterocycles. The van der Waals surface area contributed by atoms with Gasteiger partial charge in [-0.1, -0.05) is 17.3 Å². The van der Waals surface area contributed by atoms with Gasteiger partial charge in [0.25, 0.3) is 0 Å². The van der Waals surface area contributed by atoms with Crippen LogP contribution in [0.25, 0.3) is 0 Å². The van der Waals surface area contributed by atoms with E-state index < -0.39 is 0 Å². The van der Waals surface area contributed by atoms with E-state index in [0.29, 0.717) is 12.1 Å². The van der Waals surface area contributed by atoms with Crippen LogP contribution >= 0.6 is 0 Å². The first-order valence-corrected chi connectivity index (χ1v) is 6.45. The van der Waals surface area contributed by atoms with Crippen LogP contribution < -0.4 is 5.32 Å². The number of carbonyl (C=O) groups excluding carboxylic acids is 1. The molecule has 0 atom stereocenters. The topological polar surface area (TPSA) is 80.0 Å². The Kier molecular flexibility index (Phi) is 4.47. The van der Waals surface area contributed by atoms with Crippen LogP contribution in [0.15, 0.2) is 24.4 Å². The van der Waals surface area contributed by atoms with Crippen LogP contribution in [-0.4, -0.2) is 32.6 Å². The Bertz CT molecular complexity index is 607. The van der Waals surface area contributed by atoms with E-state index in [2.05, 4.69) is 15.6 Å². The van der Waals surface area contributed by atoms with Crippen molar-refractivity contribution in [2.45, 2.75) is 26.8 Å². The highest BCUT2D eigenvalue weighted by Gasteiger charge is 2.08. The summed E-state index contributed by atoms with van der Waals surface area (Å²) in [7, 11) is 0. The maximum Gasteiger partial charge on any atom is 0.246 e. The molecule has 0 aliphatic carbocycles. The van der Waals surface area contributed by atoms with E-state index in [0.717, 1.165) is 16.8 Å². The fourth-order valence-electron chi connectivity index (χ4n) is 1.85. The van der Waals surface area contributed by atoms with Gasteiger partial charge in [-0.2, -0.15) is 0 Å². The van der Waals surface area contributed by atoms with Crippen LogP contribution in [0.2, 0.25) is 0 Å². The Labute approximate surface area is 117 Å². The number of anilines is 1. The van der Waals surface area contributed by atoms with E-state index in [1.54, 1.807) is 6.20 Å². The first kappa shape index (κ1) is 14.2. The standard InChI is InChI=1S/C14H18N4O2/c1-10-3-4-11(2)13(7-10)15-14(20)9-18-8-12(5-6-19)16-17-18/h3-4,7-8,19H,5-6,9H2,1-2H3,(H,15,20). The number of carbonyl (C=O) groups is 1. The quantitative estimate of drug-likeness (QED) is 0.854. The predicted octanol–water partition coefficient (Wildman–Crippen LogP) is 1.07. The van der Waals surface area contributed by atoms with Gasteiger partial charge in [-0.3, -0.25) is 4.79 Å². The molecule has 1 amide bonds. The van der Waals surface area contributed by atoms with E-state index in [4.69, 9.17) is 5.11 Å².